The third-order valence-corrected chi connectivity index (χ3v) is 4.22. The molecule has 0 radical (unpaired) electrons. The molecule has 2 aromatic rings. The standard InChI is InChI=1S/C16H19FN4/c17-13-7-12(10-19-14-1-2-14)8-15(9-13)21-6-5-20-4-3-18-16(20)11-21/h3-4,7-9,14,19H,1-2,5-6,10-11H2. The first kappa shape index (κ1) is 12.8. The fraction of sp³-hybridized carbons (Fsp3) is 0.438. The number of benzene rings is 1. The van der Waals surface area contributed by atoms with Gasteiger partial charge >= 0.3 is 0 Å². The predicted octanol–water partition coefficient (Wildman–Crippen LogP) is 2.29. The van der Waals surface area contributed by atoms with E-state index in [1.807, 2.05) is 12.4 Å². The van der Waals surface area contributed by atoms with E-state index in [2.05, 4.69) is 25.8 Å². The topological polar surface area (TPSA) is 33.1 Å². The summed E-state index contributed by atoms with van der Waals surface area (Å²) in [5.41, 5.74) is 1.97. The molecule has 21 heavy (non-hydrogen) atoms. The molecule has 1 aromatic heterocycles. The Balaban J connectivity index is 1.53. The fourth-order valence-corrected chi connectivity index (χ4v) is 2.86. The maximum Gasteiger partial charge on any atom is 0.128 e. The van der Waals surface area contributed by atoms with E-state index in [0.29, 0.717) is 6.04 Å². The molecule has 4 rings (SSSR count). The average molecular weight is 286 g/mol. The summed E-state index contributed by atoms with van der Waals surface area (Å²) in [7, 11) is 0. The van der Waals surface area contributed by atoms with Gasteiger partial charge in [-0.05, 0) is 36.6 Å². The van der Waals surface area contributed by atoms with Crippen molar-refractivity contribution < 1.29 is 4.39 Å². The van der Waals surface area contributed by atoms with Crippen LogP contribution in [0.5, 0.6) is 0 Å². The molecule has 0 saturated heterocycles. The van der Waals surface area contributed by atoms with Gasteiger partial charge in [-0.25, -0.2) is 9.37 Å². The molecular formula is C16H19FN4. The third-order valence-electron chi connectivity index (χ3n) is 4.22. The number of hydrogen-bond donors (Lipinski definition) is 1. The first-order valence-electron chi connectivity index (χ1n) is 7.56. The van der Waals surface area contributed by atoms with Crippen LogP contribution >= 0.6 is 0 Å². The van der Waals surface area contributed by atoms with Crippen LogP contribution in [0.15, 0.2) is 30.6 Å². The Bertz CT molecular complexity index is 647. The lowest BCUT2D eigenvalue weighted by Crippen LogP contribution is -2.33. The van der Waals surface area contributed by atoms with Crippen molar-refractivity contribution in [2.75, 3.05) is 11.4 Å². The van der Waals surface area contributed by atoms with E-state index in [-0.39, 0.29) is 5.82 Å². The van der Waals surface area contributed by atoms with Gasteiger partial charge in [0.1, 0.15) is 11.6 Å². The molecule has 5 heteroatoms. The quantitative estimate of drug-likeness (QED) is 0.936. The lowest BCUT2D eigenvalue weighted by molar-refractivity contribution is 0.556. The maximum absolute atomic E-state index is 13.9. The number of anilines is 1. The molecule has 1 aliphatic heterocycles. The van der Waals surface area contributed by atoms with Gasteiger partial charge in [0.05, 0.1) is 6.54 Å². The second kappa shape index (κ2) is 5.15. The van der Waals surface area contributed by atoms with Gasteiger partial charge in [0, 0.05) is 43.8 Å². The summed E-state index contributed by atoms with van der Waals surface area (Å²) in [5.74, 6) is 0.886. The summed E-state index contributed by atoms with van der Waals surface area (Å²) < 4.78 is 16.0. The largest absolute Gasteiger partial charge is 0.362 e. The lowest BCUT2D eigenvalue weighted by Gasteiger charge is -2.30. The highest BCUT2D eigenvalue weighted by molar-refractivity contribution is 5.49. The lowest BCUT2D eigenvalue weighted by atomic mass is 10.1. The Labute approximate surface area is 123 Å². The molecule has 110 valence electrons. The molecule has 2 aliphatic rings. The van der Waals surface area contributed by atoms with Crippen molar-refractivity contribution >= 4 is 5.69 Å². The van der Waals surface area contributed by atoms with E-state index in [1.165, 1.54) is 12.8 Å². The fourth-order valence-electron chi connectivity index (χ4n) is 2.86. The van der Waals surface area contributed by atoms with Crippen LogP contribution < -0.4 is 10.2 Å². The van der Waals surface area contributed by atoms with Crippen molar-refractivity contribution in [3.05, 3.63) is 47.8 Å². The van der Waals surface area contributed by atoms with Gasteiger partial charge in [-0.1, -0.05) is 0 Å². The second-order valence-corrected chi connectivity index (χ2v) is 5.93. The molecular weight excluding hydrogens is 267 g/mol. The van der Waals surface area contributed by atoms with Crippen LogP contribution in [0.3, 0.4) is 0 Å². The van der Waals surface area contributed by atoms with Gasteiger partial charge in [-0.3, -0.25) is 0 Å². The summed E-state index contributed by atoms with van der Waals surface area (Å²) in [6.45, 7) is 3.29. The molecule has 1 aliphatic carbocycles. The van der Waals surface area contributed by atoms with Crippen molar-refractivity contribution in [3.8, 4) is 0 Å². The van der Waals surface area contributed by atoms with E-state index < -0.39 is 0 Å². The Hall–Kier alpha value is -1.88. The number of fused-ring (bicyclic) bond motifs is 1. The molecule has 0 amide bonds. The number of halogens is 1. The minimum atomic E-state index is -0.158. The second-order valence-electron chi connectivity index (χ2n) is 5.93. The minimum Gasteiger partial charge on any atom is -0.362 e. The van der Waals surface area contributed by atoms with E-state index >= 15 is 0 Å². The SMILES string of the molecule is Fc1cc(CNC2CC2)cc(N2CCn3ccnc3C2)c1. The number of rotatable bonds is 4. The summed E-state index contributed by atoms with van der Waals surface area (Å²) in [4.78, 5) is 6.56. The molecule has 0 spiro atoms. The van der Waals surface area contributed by atoms with E-state index in [9.17, 15) is 4.39 Å². The van der Waals surface area contributed by atoms with Crippen molar-refractivity contribution in [2.45, 2.75) is 38.5 Å². The molecule has 1 fully saturated rings. The van der Waals surface area contributed by atoms with E-state index in [1.54, 1.807) is 12.1 Å². The Kier molecular flexibility index (Phi) is 3.15. The van der Waals surface area contributed by atoms with Crippen molar-refractivity contribution in [2.24, 2.45) is 0 Å². The molecule has 4 nitrogen and oxygen atoms in total. The molecule has 1 aromatic carbocycles. The highest BCUT2D eigenvalue weighted by Crippen LogP contribution is 2.24. The highest BCUT2D eigenvalue weighted by atomic mass is 19.1. The average Bonchev–Trinajstić information content (AvgIpc) is 3.20. The number of nitrogens with zero attached hydrogens (tertiary/aromatic N) is 3. The van der Waals surface area contributed by atoms with Gasteiger partial charge in [0.15, 0.2) is 0 Å². The summed E-state index contributed by atoms with van der Waals surface area (Å²) in [5, 5.41) is 3.44. The number of nitrogens with one attached hydrogen (secondary N) is 1. The zero-order valence-corrected chi connectivity index (χ0v) is 11.9. The summed E-state index contributed by atoms with van der Waals surface area (Å²) in [6, 6.07) is 5.99. The Morgan fingerprint density at radius 3 is 3.00 bits per heavy atom. The van der Waals surface area contributed by atoms with Gasteiger partial charge < -0.3 is 14.8 Å². The van der Waals surface area contributed by atoms with Gasteiger partial charge in [0.25, 0.3) is 0 Å². The number of hydrogen-bond acceptors (Lipinski definition) is 3. The Morgan fingerprint density at radius 2 is 2.14 bits per heavy atom. The smallest absolute Gasteiger partial charge is 0.128 e. The molecule has 0 bridgehead atoms. The van der Waals surface area contributed by atoms with Crippen LogP contribution in [0.25, 0.3) is 0 Å². The predicted molar refractivity (Wildman–Crippen MR) is 79.5 cm³/mol. The van der Waals surface area contributed by atoms with Crippen molar-refractivity contribution in [3.63, 3.8) is 0 Å². The normalized spacial score (nSPS) is 17.9. The van der Waals surface area contributed by atoms with Gasteiger partial charge in [-0.2, -0.15) is 0 Å². The van der Waals surface area contributed by atoms with Gasteiger partial charge in [-0.15, -0.1) is 0 Å². The van der Waals surface area contributed by atoms with Crippen molar-refractivity contribution in [1.29, 1.82) is 0 Å². The van der Waals surface area contributed by atoms with Gasteiger partial charge in [0.2, 0.25) is 0 Å². The molecule has 0 unspecified atom stereocenters. The van der Waals surface area contributed by atoms with E-state index in [0.717, 1.165) is 43.3 Å². The summed E-state index contributed by atoms with van der Waals surface area (Å²) in [6.07, 6.45) is 6.33. The van der Waals surface area contributed by atoms with Crippen LogP contribution in [0, 0.1) is 5.82 Å². The third kappa shape index (κ3) is 2.78. The number of aromatic nitrogens is 2. The molecule has 1 N–H and O–H groups in total. The monoisotopic (exact) mass is 286 g/mol. The molecule has 2 heterocycles. The molecule has 1 saturated carbocycles. The first-order valence-corrected chi connectivity index (χ1v) is 7.56. The Morgan fingerprint density at radius 1 is 1.24 bits per heavy atom. The maximum atomic E-state index is 13.9. The zero-order valence-electron chi connectivity index (χ0n) is 11.9. The first-order chi connectivity index (χ1) is 10.3. The number of imidazole rings is 1. The highest BCUT2D eigenvalue weighted by Gasteiger charge is 2.21. The van der Waals surface area contributed by atoms with Crippen LogP contribution in [-0.2, 0) is 19.6 Å². The van der Waals surface area contributed by atoms with Crippen LogP contribution in [0.1, 0.15) is 24.2 Å². The van der Waals surface area contributed by atoms with Crippen LogP contribution in [0.2, 0.25) is 0 Å². The van der Waals surface area contributed by atoms with E-state index in [4.69, 9.17) is 0 Å². The zero-order chi connectivity index (χ0) is 14.2. The molecule has 0 atom stereocenters. The summed E-state index contributed by atoms with van der Waals surface area (Å²) >= 11 is 0. The van der Waals surface area contributed by atoms with Crippen LogP contribution in [-0.4, -0.2) is 22.1 Å². The van der Waals surface area contributed by atoms with Crippen molar-refractivity contribution in [1.82, 2.24) is 14.9 Å². The van der Waals surface area contributed by atoms with Crippen LogP contribution in [0.4, 0.5) is 10.1 Å². The minimum absolute atomic E-state index is 0.158.